The lowest BCUT2D eigenvalue weighted by molar-refractivity contribution is 0.0959. The molecule has 0 unspecified atom stereocenters. The van der Waals surface area contributed by atoms with Crippen LogP contribution in [0.1, 0.15) is 15.2 Å². The van der Waals surface area contributed by atoms with Crippen LogP contribution in [0.3, 0.4) is 0 Å². The molecule has 3 N–H and O–H groups in total. The summed E-state index contributed by atoms with van der Waals surface area (Å²) in [6.45, 7) is 0.485. The molecule has 0 spiro atoms. The molecule has 0 atom stereocenters. The molecule has 4 rings (SSSR count). The van der Waals surface area contributed by atoms with Crippen LogP contribution in [0, 0.1) is 5.82 Å². The summed E-state index contributed by atoms with van der Waals surface area (Å²) in [4.78, 5) is 20.5. The van der Waals surface area contributed by atoms with Crippen LogP contribution in [0.4, 0.5) is 15.8 Å². The SMILES string of the molecule is O=C(NCCc1ccc(F)cc1)c1sccc1Nc1ccnc2[nH]ccc12. The Morgan fingerprint density at radius 1 is 1.11 bits per heavy atom. The molecule has 27 heavy (non-hydrogen) atoms. The number of aromatic nitrogens is 2. The maximum atomic E-state index is 12.9. The highest BCUT2D eigenvalue weighted by atomic mass is 32.1. The highest BCUT2D eigenvalue weighted by molar-refractivity contribution is 7.12. The number of rotatable bonds is 6. The van der Waals surface area contributed by atoms with Gasteiger partial charge in [-0.2, -0.15) is 0 Å². The Kier molecular flexibility index (Phi) is 4.84. The van der Waals surface area contributed by atoms with Crippen molar-refractivity contribution in [3.63, 3.8) is 0 Å². The zero-order chi connectivity index (χ0) is 18.6. The third kappa shape index (κ3) is 3.83. The third-order valence-electron chi connectivity index (χ3n) is 4.21. The standard InChI is InChI=1S/C20H17FN4OS/c21-14-3-1-13(2-4-14)5-9-24-20(26)18-17(8-12-27-18)25-16-7-11-23-19-15(16)6-10-22-19/h1-4,6-8,10-12H,5,9H2,(H,24,26)(H2,22,23,25). The predicted octanol–water partition coefficient (Wildman–Crippen LogP) is 4.48. The minimum absolute atomic E-state index is 0.131. The van der Waals surface area contributed by atoms with Crippen LogP contribution in [-0.2, 0) is 6.42 Å². The number of aromatic amines is 1. The molecule has 0 bridgehead atoms. The number of carbonyl (C=O) groups is 1. The van der Waals surface area contributed by atoms with Gasteiger partial charge >= 0.3 is 0 Å². The number of amides is 1. The van der Waals surface area contributed by atoms with Gasteiger partial charge in [-0.05, 0) is 47.7 Å². The highest BCUT2D eigenvalue weighted by Crippen LogP contribution is 2.29. The maximum absolute atomic E-state index is 12.9. The van der Waals surface area contributed by atoms with E-state index in [4.69, 9.17) is 0 Å². The molecule has 3 aromatic heterocycles. The quantitative estimate of drug-likeness (QED) is 0.462. The van der Waals surface area contributed by atoms with E-state index in [0.29, 0.717) is 17.8 Å². The van der Waals surface area contributed by atoms with E-state index in [1.807, 2.05) is 29.8 Å². The summed E-state index contributed by atoms with van der Waals surface area (Å²) in [7, 11) is 0. The van der Waals surface area contributed by atoms with Crippen molar-refractivity contribution in [2.24, 2.45) is 0 Å². The van der Waals surface area contributed by atoms with Crippen LogP contribution in [-0.4, -0.2) is 22.4 Å². The summed E-state index contributed by atoms with van der Waals surface area (Å²) in [6, 6.07) is 12.0. The summed E-state index contributed by atoms with van der Waals surface area (Å²) in [5.74, 6) is -0.390. The number of nitrogens with zero attached hydrogens (tertiary/aromatic N) is 1. The van der Waals surface area contributed by atoms with E-state index < -0.39 is 0 Å². The summed E-state index contributed by atoms with van der Waals surface area (Å²) < 4.78 is 12.9. The number of pyridine rings is 1. The van der Waals surface area contributed by atoms with Crippen LogP contribution < -0.4 is 10.6 Å². The van der Waals surface area contributed by atoms with Crippen molar-refractivity contribution >= 4 is 39.7 Å². The van der Waals surface area contributed by atoms with Gasteiger partial charge in [-0.1, -0.05) is 12.1 Å². The number of H-pyrrole nitrogens is 1. The lowest BCUT2D eigenvalue weighted by atomic mass is 10.1. The number of benzene rings is 1. The summed E-state index contributed by atoms with van der Waals surface area (Å²) in [5, 5.41) is 9.10. The summed E-state index contributed by atoms with van der Waals surface area (Å²) in [5.41, 5.74) is 3.42. The number of fused-ring (bicyclic) bond motifs is 1. The zero-order valence-corrected chi connectivity index (χ0v) is 15.1. The van der Waals surface area contributed by atoms with Crippen molar-refractivity contribution in [3.8, 4) is 0 Å². The summed E-state index contributed by atoms with van der Waals surface area (Å²) in [6.07, 6.45) is 4.20. The largest absolute Gasteiger partial charge is 0.354 e. The zero-order valence-electron chi connectivity index (χ0n) is 14.3. The van der Waals surface area contributed by atoms with Crippen LogP contribution in [0.2, 0.25) is 0 Å². The Hall–Kier alpha value is -3.19. The Morgan fingerprint density at radius 3 is 2.81 bits per heavy atom. The second-order valence-corrected chi connectivity index (χ2v) is 6.94. The van der Waals surface area contributed by atoms with Gasteiger partial charge in [0.2, 0.25) is 0 Å². The van der Waals surface area contributed by atoms with Gasteiger partial charge in [0.25, 0.3) is 5.91 Å². The summed E-state index contributed by atoms with van der Waals surface area (Å²) >= 11 is 1.38. The molecule has 5 nitrogen and oxygen atoms in total. The fourth-order valence-electron chi connectivity index (χ4n) is 2.85. The van der Waals surface area contributed by atoms with Crippen LogP contribution in [0.5, 0.6) is 0 Å². The molecule has 0 saturated carbocycles. The predicted molar refractivity (Wildman–Crippen MR) is 106 cm³/mol. The number of hydrogen-bond acceptors (Lipinski definition) is 4. The van der Waals surface area contributed by atoms with Crippen molar-refractivity contribution < 1.29 is 9.18 Å². The molecule has 0 aliphatic rings. The van der Waals surface area contributed by atoms with E-state index >= 15 is 0 Å². The van der Waals surface area contributed by atoms with Gasteiger partial charge in [0.05, 0.1) is 11.4 Å². The molecular formula is C20H17FN4OS. The Labute approximate surface area is 159 Å². The van der Waals surface area contributed by atoms with Gasteiger partial charge < -0.3 is 15.6 Å². The van der Waals surface area contributed by atoms with E-state index in [2.05, 4.69) is 20.6 Å². The van der Waals surface area contributed by atoms with Gasteiger partial charge in [0.15, 0.2) is 0 Å². The second-order valence-electron chi connectivity index (χ2n) is 6.02. The normalized spacial score (nSPS) is 10.9. The van der Waals surface area contributed by atoms with Crippen LogP contribution >= 0.6 is 11.3 Å². The number of anilines is 2. The first kappa shape index (κ1) is 17.2. The number of halogens is 1. The maximum Gasteiger partial charge on any atom is 0.263 e. The smallest absolute Gasteiger partial charge is 0.263 e. The van der Waals surface area contributed by atoms with Crippen molar-refractivity contribution in [1.82, 2.24) is 15.3 Å². The van der Waals surface area contributed by atoms with Gasteiger partial charge in [0.1, 0.15) is 16.3 Å². The first-order valence-electron chi connectivity index (χ1n) is 8.50. The Morgan fingerprint density at radius 2 is 1.96 bits per heavy atom. The van der Waals surface area contributed by atoms with Crippen LogP contribution in [0.15, 0.2) is 60.2 Å². The number of carbonyl (C=O) groups excluding carboxylic acids is 1. The lowest BCUT2D eigenvalue weighted by Gasteiger charge is -2.09. The van der Waals surface area contributed by atoms with Gasteiger partial charge in [-0.15, -0.1) is 11.3 Å². The van der Waals surface area contributed by atoms with E-state index in [1.165, 1.54) is 23.5 Å². The molecule has 136 valence electrons. The van der Waals surface area contributed by atoms with Crippen molar-refractivity contribution in [1.29, 1.82) is 0 Å². The fraction of sp³-hybridized carbons (Fsp3) is 0.100. The minimum Gasteiger partial charge on any atom is -0.354 e. The number of nitrogens with one attached hydrogen (secondary N) is 3. The van der Waals surface area contributed by atoms with E-state index in [1.54, 1.807) is 18.3 Å². The Bertz CT molecular complexity index is 1070. The van der Waals surface area contributed by atoms with E-state index in [9.17, 15) is 9.18 Å². The van der Waals surface area contributed by atoms with Gasteiger partial charge in [-0.25, -0.2) is 9.37 Å². The average molecular weight is 380 g/mol. The van der Waals surface area contributed by atoms with Gasteiger partial charge in [-0.3, -0.25) is 4.79 Å². The van der Waals surface area contributed by atoms with Crippen LogP contribution in [0.25, 0.3) is 11.0 Å². The number of hydrogen-bond donors (Lipinski definition) is 3. The molecule has 7 heteroatoms. The number of thiophene rings is 1. The monoisotopic (exact) mass is 380 g/mol. The van der Waals surface area contributed by atoms with Crippen molar-refractivity contribution in [2.45, 2.75) is 6.42 Å². The molecule has 1 amide bonds. The van der Waals surface area contributed by atoms with E-state index in [0.717, 1.165) is 28.0 Å². The van der Waals surface area contributed by atoms with Crippen molar-refractivity contribution in [3.05, 3.63) is 76.5 Å². The molecule has 3 heterocycles. The molecule has 0 saturated heterocycles. The molecular weight excluding hydrogens is 363 g/mol. The molecule has 4 aromatic rings. The molecule has 0 radical (unpaired) electrons. The first-order chi connectivity index (χ1) is 13.2. The average Bonchev–Trinajstić information content (AvgIpc) is 3.33. The Balaban J connectivity index is 1.42. The van der Waals surface area contributed by atoms with Gasteiger partial charge in [0, 0.05) is 24.3 Å². The third-order valence-corrected chi connectivity index (χ3v) is 5.13. The fourth-order valence-corrected chi connectivity index (χ4v) is 3.62. The first-order valence-corrected chi connectivity index (χ1v) is 9.38. The molecule has 1 aromatic carbocycles. The molecule has 0 fully saturated rings. The van der Waals surface area contributed by atoms with E-state index in [-0.39, 0.29) is 11.7 Å². The second kappa shape index (κ2) is 7.59. The molecule has 0 aliphatic heterocycles. The topological polar surface area (TPSA) is 69.8 Å². The highest BCUT2D eigenvalue weighted by Gasteiger charge is 2.14. The van der Waals surface area contributed by atoms with Crippen molar-refractivity contribution in [2.75, 3.05) is 11.9 Å². The minimum atomic E-state index is -0.260. The lowest BCUT2D eigenvalue weighted by Crippen LogP contribution is -2.25. The molecule has 0 aliphatic carbocycles.